The Balaban J connectivity index is 2.62. The van der Waals surface area contributed by atoms with Crippen molar-refractivity contribution in [3.63, 3.8) is 0 Å². The van der Waals surface area contributed by atoms with Crippen molar-refractivity contribution in [1.29, 1.82) is 0 Å². The number of hydrogen-bond donors (Lipinski definition) is 2. The lowest BCUT2D eigenvalue weighted by atomic mass is 10.4. The van der Waals surface area contributed by atoms with E-state index in [1.165, 1.54) is 0 Å². The Labute approximate surface area is 91.2 Å². The van der Waals surface area contributed by atoms with Crippen LogP contribution in [0.4, 0.5) is 11.8 Å². The Morgan fingerprint density at radius 1 is 1.71 bits per heavy atom. The third-order valence-electron chi connectivity index (χ3n) is 1.72. The lowest BCUT2D eigenvalue weighted by Crippen LogP contribution is -2.19. The monoisotopic (exact) mass is 260 g/mol. The molecule has 0 radical (unpaired) electrons. The smallest absolute Gasteiger partial charge is 0.221 e. The number of halogens is 1. The largest absolute Gasteiger partial charge is 0.380 e. The summed E-state index contributed by atoms with van der Waals surface area (Å²) in [5, 5.41) is 3.10. The summed E-state index contributed by atoms with van der Waals surface area (Å²) in [5.74, 6) is 0.933. The Kier molecular flexibility index (Phi) is 4.09. The van der Waals surface area contributed by atoms with Gasteiger partial charge in [0.15, 0.2) is 0 Å². The van der Waals surface area contributed by atoms with Gasteiger partial charge in [-0.05, 0) is 22.9 Å². The zero-order chi connectivity index (χ0) is 10.6. The van der Waals surface area contributed by atoms with Crippen molar-refractivity contribution in [3.8, 4) is 0 Å². The van der Waals surface area contributed by atoms with Gasteiger partial charge < -0.3 is 15.8 Å². The topological polar surface area (TPSA) is 73.1 Å². The summed E-state index contributed by atoms with van der Waals surface area (Å²) in [5.41, 5.74) is 5.45. The molecule has 0 fully saturated rings. The number of rotatable bonds is 4. The highest BCUT2D eigenvalue weighted by Gasteiger charge is 2.04. The van der Waals surface area contributed by atoms with Gasteiger partial charge in [-0.3, -0.25) is 0 Å². The van der Waals surface area contributed by atoms with Gasteiger partial charge in [0.2, 0.25) is 5.95 Å². The van der Waals surface area contributed by atoms with E-state index in [1.54, 1.807) is 13.3 Å². The van der Waals surface area contributed by atoms with E-state index in [0.717, 1.165) is 4.47 Å². The van der Waals surface area contributed by atoms with E-state index in [1.807, 2.05) is 6.92 Å². The normalized spacial score (nSPS) is 12.5. The highest BCUT2D eigenvalue weighted by molar-refractivity contribution is 9.10. The lowest BCUT2D eigenvalue weighted by molar-refractivity contribution is 0.128. The number of aromatic nitrogens is 2. The van der Waals surface area contributed by atoms with E-state index < -0.39 is 0 Å². The molecule has 1 aromatic heterocycles. The first kappa shape index (κ1) is 11.2. The fourth-order valence-electron chi connectivity index (χ4n) is 0.828. The molecule has 3 N–H and O–H groups in total. The zero-order valence-corrected chi connectivity index (χ0v) is 9.71. The Bertz CT molecular complexity index is 307. The van der Waals surface area contributed by atoms with Crippen LogP contribution in [0.15, 0.2) is 10.7 Å². The van der Waals surface area contributed by atoms with Gasteiger partial charge in [0.1, 0.15) is 5.82 Å². The van der Waals surface area contributed by atoms with Gasteiger partial charge >= 0.3 is 0 Å². The second-order valence-corrected chi connectivity index (χ2v) is 3.71. The van der Waals surface area contributed by atoms with Crippen molar-refractivity contribution in [2.24, 2.45) is 0 Å². The van der Waals surface area contributed by atoms with E-state index in [0.29, 0.717) is 12.4 Å². The van der Waals surface area contributed by atoms with Crippen LogP contribution in [0.3, 0.4) is 0 Å². The van der Waals surface area contributed by atoms with Gasteiger partial charge in [-0.2, -0.15) is 4.98 Å². The number of nitrogens with two attached hydrogens (primary N) is 1. The van der Waals surface area contributed by atoms with Gasteiger partial charge in [-0.1, -0.05) is 0 Å². The molecule has 0 saturated heterocycles. The molecule has 1 unspecified atom stereocenters. The predicted octanol–water partition coefficient (Wildman–Crippen LogP) is 1.27. The molecule has 0 aromatic carbocycles. The molecule has 1 heterocycles. The number of nitrogens with one attached hydrogen (secondary N) is 1. The molecule has 0 aliphatic rings. The number of anilines is 2. The summed E-state index contributed by atoms with van der Waals surface area (Å²) in [6, 6.07) is 0. The molecule has 0 bridgehead atoms. The molecular weight excluding hydrogens is 248 g/mol. The summed E-state index contributed by atoms with van der Waals surface area (Å²) < 4.78 is 5.88. The fraction of sp³-hybridized carbons (Fsp3) is 0.500. The maximum absolute atomic E-state index is 5.45. The third kappa shape index (κ3) is 3.12. The Morgan fingerprint density at radius 2 is 2.43 bits per heavy atom. The predicted molar refractivity (Wildman–Crippen MR) is 59.1 cm³/mol. The van der Waals surface area contributed by atoms with Crippen LogP contribution in [-0.4, -0.2) is 29.7 Å². The van der Waals surface area contributed by atoms with Crippen molar-refractivity contribution in [2.75, 3.05) is 24.7 Å². The Morgan fingerprint density at radius 3 is 3.07 bits per heavy atom. The third-order valence-corrected chi connectivity index (χ3v) is 2.30. The second kappa shape index (κ2) is 5.11. The van der Waals surface area contributed by atoms with Crippen molar-refractivity contribution in [1.82, 2.24) is 9.97 Å². The van der Waals surface area contributed by atoms with Crippen LogP contribution >= 0.6 is 15.9 Å². The molecule has 0 saturated carbocycles. The lowest BCUT2D eigenvalue weighted by Gasteiger charge is -2.12. The maximum atomic E-state index is 5.45. The van der Waals surface area contributed by atoms with Crippen molar-refractivity contribution in [2.45, 2.75) is 13.0 Å². The molecule has 14 heavy (non-hydrogen) atoms. The second-order valence-electron chi connectivity index (χ2n) is 2.85. The summed E-state index contributed by atoms with van der Waals surface area (Å²) in [7, 11) is 1.66. The number of nitrogens with zero attached hydrogens (tertiary/aromatic N) is 2. The number of hydrogen-bond acceptors (Lipinski definition) is 5. The van der Waals surface area contributed by atoms with E-state index in [9.17, 15) is 0 Å². The standard InChI is InChI=1S/C8H13BrN4O/c1-5(14-2)3-11-7-6(9)4-12-8(10)13-7/h4-5H,3H2,1-2H3,(H3,10,11,12,13). The van der Waals surface area contributed by atoms with Crippen molar-refractivity contribution < 1.29 is 4.74 Å². The van der Waals surface area contributed by atoms with Crippen LogP contribution in [0.5, 0.6) is 0 Å². The SMILES string of the molecule is COC(C)CNc1nc(N)ncc1Br. The number of nitrogen functional groups attached to an aromatic ring is 1. The highest BCUT2D eigenvalue weighted by atomic mass is 79.9. The van der Waals surface area contributed by atoms with Gasteiger partial charge in [0.05, 0.1) is 10.6 Å². The van der Waals surface area contributed by atoms with Crippen LogP contribution < -0.4 is 11.1 Å². The van der Waals surface area contributed by atoms with Crippen LogP contribution in [0, 0.1) is 0 Å². The average molecular weight is 261 g/mol. The molecule has 1 atom stereocenters. The first-order valence-corrected chi connectivity index (χ1v) is 4.97. The van der Waals surface area contributed by atoms with E-state index in [2.05, 4.69) is 31.2 Å². The average Bonchev–Trinajstić information content (AvgIpc) is 2.19. The molecule has 1 rings (SSSR count). The van der Waals surface area contributed by atoms with E-state index >= 15 is 0 Å². The summed E-state index contributed by atoms with van der Waals surface area (Å²) in [6.45, 7) is 2.64. The summed E-state index contributed by atoms with van der Waals surface area (Å²) >= 11 is 3.32. The first-order chi connectivity index (χ1) is 6.63. The van der Waals surface area contributed by atoms with Crippen LogP contribution in [-0.2, 0) is 4.74 Å². The minimum absolute atomic E-state index is 0.123. The summed E-state index contributed by atoms with van der Waals surface area (Å²) in [6.07, 6.45) is 1.74. The zero-order valence-electron chi connectivity index (χ0n) is 8.12. The van der Waals surface area contributed by atoms with E-state index in [-0.39, 0.29) is 12.1 Å². The highest BCUT2D eigenvalue weighted by Crippen LogP contribution is 2.18. The van der Waals surface area contributed by atoms with Gasteiger partial charge in [0.25, 0.3) is 0 Å². The van der Waals surface area contributed by atoms with Crippen LogP contribution in [0.2, 0.25) is 0 Å². The van der Waals surface area contributed by atoms with Gasteiger partial charge in [-0.25, -0.2) is 4.98 Å². The van der Waals surface area contributed by atoms with Crippen molar-refractivity contribution >= 4 is 27.7 Å². The van der Waals surface area contributed by atoms with Crippen LogP contribution in [0.1, 0.15) is 6.92 Å². The Hall–Kier alpha value is -0.880. The van der Waals surface area contributed by atoms with Crippen LogP contribution in [0.25, 0.3) is 0 Å². The molecule has 78 valence electrons. The quantitative estimate of drug-likeness (QED) is 0.853. The van der Waals surface area contributed by atoms with Gasteiger partial charge in [0, 0.05) is 19.9 Å². The minimum Gasteiger partial charge on any atom is -0.380 e. The van der Waals surface area contributed by atoms with Gasteiger partial charge in [-0.15, -0.1) is 0 Å². The molecule has 0 spiro atoms. The number of ether oxygens (including phenoxy) is 1. The molecule has 6 heteroatoms. The van der Waals surface area contributed by atoms with Crippen molar-refractivity contribution in [3.05, 3.63) is 10.7 Å². The number of methoxy groups -OCH3 is 1. The molecule has 0 amide bonds. The molecular formula is C8H13BrN4O. The summed E-state index contributed by atoms with van der Waals surface area (Å²) in [4.78, 5) is 7.87. The molecule has 1 aromatic rings. The fourth-order valence-corrected chi connectivity index (χ4v) is 1.16. The van der Waals surface area contributed by atoms with E-state index in [4.69, 9.17) is 10.5 Å². The molecule has 0 aliphatic heterocycles. The first-order valence-electron chi connectivity index (χ1n) is 4.18. The minimum atomic E-state index is 0.123. The molecule has 5 nitrogen and oxygen atoms in total. The molecule has 0 aliphatic carbocycles. The maximum Gasteiger partial charge on any atom is 0.221 e.